The van der Waals surface area contributed by atoms with E-state index < -0.39 is 6.04 Å². The van der Waals surface area contributed by atoms with E-state index in [1.54, 1.807) is 17.9 Å². The van der Waals surface area contributed by atoms with Crippen molar-refractivity contribution in [2.24, 2.45) is 0 Å². The van der Waals surface area contributed by atoms with Gasteiger partial charge in [-0.1, -0.05) is 61.0 Å². The summed E-state index contributed by atoms with van der Waals surface area (Å²) in [5, 5.41) is 3.59. The first-order valence-electron chi connectivity index (χ1n) is 9.79. The Morgan fingerprint density at radius 2 is 1.71 bits per heavy atom. The molecule has 0 aliphatic heterocycles. The molecule has 0 aliphatic rings. The van der Waals surface area contributed by atoms with Gasteiger partial charge in [-0.15, -0.1) is 0 Å². The molecule has 28 heavy (non-hydrogen) atoms. The highest BCUT2D eigenvalue weighted by Crippen LogP contribution is 2.16. The maximum absolute atomic E-state index is 13.0. The number of nitrogens with zero attached hydrogens (tertiary/aromatic N) is 1. The van der Waals surface area contributed by atoms with Crippen molar-refractivity contribution in [3.05, 3.63) is 70.7 Å². The third-order valence-corrected chi connectivity index (χ3v) is 5.12. The summed E-state index contributed by atoms with van der Waals surface area (Å²) in [5.74, 6) is -0.180. The SMILES string of the molecule is CC[C@H](C)NC(=O)[C@@H](C)N(Cc1cccc(Cl)c1)C(=O)CCc1ccccc1. The first-order valence-corrected chi connectivity index (χ1v) is 10.2. The van der Waals surface area contributed by atoms with Gasteiger partial charge in [-0.25, -0.2) is 0 Å². The first kappa shape index (κ1) is 22.0. The van der Waals surface area contributed by atoms with Crippen molar-refractivity contribution < 1.29 is 9.59 Å². The summed E-state index contributed by atoms with van der Waals surface area (Å²) in [6, 6.07) is 16.8. The number of hydrogen-bond donors (Lipinski definition) is 1. The summed E-state index contributed by atoms with van der Waals surface area (Å²) in [6.07, 6.45) is 1.84. The highest BCUT2D eigenvalue weighted by molar-refractivity contribution is 6.30. The fraction of sp³-hybridized carbons (Fsp3) is 0.391. The lowest BCUT2D eigenvalue weighted by molar-refractivity contribution is -0.140. The predicted octanol–water partition coefficient (Wildman–Crippen LogP) is 4.60. The van der Waals surface area contributed by atoms with E-state index in [0.29, 0.717) is 24.4 Å². The van der Waals surface area contributed by atoms with Gasteiger partial charge in [0.15, 0.2) is 0 Å². The normalized spacial score (nSPS) is 12.9. The van der Waals surface area contributed by atoms with E-state index >= 15 is 0 Å². The first-order chi connectivity index (χ1) is 13.4. The van der Waals surface area contributed by atoms with Crippen LogP contribution in [0.3, 0.4) is 0 Å². The monoisotopic (exact) mass is 400 g/mol. The van der Waals surface area contributed by atoms with Gasteiger partial charge in [-0.05, 0) is 49.9 Å². The Kier molecular flexibility index (Phi) is 8.52. The molecule has 1 N–H and O–H groups in total. The van der Waals surface area contributed by atoms with E-state index in [4.69, 9.17) is 11.6 Å². The van der Waals surface area contributed by atoms with Crippen molar-refractivity contribution in [2.45, 2.75) is 58.7 Å². The van der Waals surface area contributed by atoms with Gasteiger partial charge >= 0.3 is 0 Å². The lowest BCUT2D eigenvalue weighted by Gasteiger charge is -2.30. The molecule has 0 radical (unpaired) electrons. The van der Waals surface area contributed by atoms with E-state index in [1.807, 2.05) is 62.4 Å². The molecule has 2 aromatic carbocycles. The standard InChI is InChI=1S/C23H29ClN2O2/c1-4-17(2)25-23(28)18(3)26(16-20-11-8-12-21(24)15-20)22(27)14-13-19-9-6-5-7-10-19/h5-12,15,17-18H,4,13-14,16H2,1-3H3,(H,25,28)/t17-,18+/m0/s1. The van der Waals surface area contributed by atoms with Crippen LogP contribution in [-0.4, -0.2) is 28.8 Å². The van der Waals surface area contributed by atoms with Gasteiger partial charge in [0, 0.05) is 24.0 Å². The van der Waals surface area contributed by atoms with Crippen LogP contribution < -0.4 is 5.32 Å². The molecule has 150 valence electrons. The van der Waals surface area contributed by atoms with E-state index in [0.717, 1.165) is 17.5 Å². The molecule has 2 atom stereocenters. The highest BCUT2D eigenvalue weighted by atomic mass is 35.5. The predicted molar refractivity (Wildman–Crippen MR) is 114 cm³/mol. The van der Waals surface area contributed by atoms with Gasteiger partial charge < -0.3 is 10.2 Å². The van der Waals surface area contributed by atoms with Crippen LogP contribution in [0.4, 0.5) is 0 Å². The molecule has 0 bridgehead atoms. The van der Waals surface area contributed by atoms with Crippen LogP contribution in [0.1, 0.15) is 44.7 Å². The molecule has 2 rings (SSSR count). The molecule has 0 fully saturated rings. The minimum absolute atomic E-state index is 0.0457. The number of hydrogen-bond acceptors (Lipinski definition) is 2. The average molecular weight is 401 g/mol. The number of halogens is 1. The van der Waals surface area contributed by atoms with Crippen LogP contribution >= 0.6 is 11.6 Å². The number of rotatable bonds is 9. The summed E-state index contributed by atoms with van der Waals surface area (Å²) >= 11 is 6.10. The molecule has 0 saturated carbocycles. The van der Waals surface area contributed by atoms with Crippen LogP contribution in [-0.2, 0) is 22.6 Å². The molecule has 0 unspecified atom stereocenters. The Balaban J connectivity index is 2.14. The second kappa shape index (κ2) is 10.9. The molecule has 0 aliphatic carbocycles. The second-order valence-corrected chi connectivity index (χ2v) is 7.57. The zero-order valence-corrected chi connectivity index (χ0v) is 17.6. The third kappa shape index (κ3) is 6.68. The van der Waals surface area contributed by atoms with Crippen molar-refractivity contribution in [1.82, 2.24) is 10.2 Å². The number of carbonyl (C=O) groups excluding carboxylic acids is 2. The second-order valence-electron chi connectivity index (χ2n) is 7.13. The molecule has 0 spiro atoms. The Bertz CT molecular complexity index is 779. The number of carbonyl (C=O) groups is 2. The van der Waals surface area contributed by atoms with Gasteiger partial charge in [0.1, 0.15) is 6.04 Å². The number of benzene rings is 2. The lowest BCUT2D eigenvalue weighted by atomic mass is 10.1. The molecule has 0 heterocycles. The van der Waals surface area contributed by atoms with Gasteiger partial charge in [0.25, 0.3) is 0 Å². The summed E-state index contributed by atoms with van der Waals surface area (Å²) in [5.41, 5.74) is 2.01. The van der Waals surface area contributed by atoms with Gasteiger partial charge in [-0.3, -0.25) is 9.59 Å². The highest BCUT2D eigenvalue weighted by Gasteiger charge is 2.26. The molecule has 4 nitrogen and oxygen atoms in total. The van der Waals surface area contributed by atoms with Crippen LogP contribution in [0.25, 0.3) is 0 Å². The fourth-order valence-corrected chi connectivity index (χ4v) is 3.13. The van der Waals surface area contributed by atoms with Crippen molar-refractivity contribution >= 4 is 23.4 Å². The van der Waals surface area contributed by atoms with Gasteiger partial charge in [0.05, 0.1) is 0 Å². The average Bonchev–Trinajstić information content (AvgIpc) is 2.70. The van der Waals surface area contributed by atoms with Gasteiger partial charge in [0.2, 0.25) is 11.8 Å². The van der Waals surface area contributed by atoms with Crippen molar-refractivity contribution in [1.29, 1.82) is 0 Å². The largest absolute Gasteiger partial charge is 0.352 e. The minimum atomic E-state index is -0.559. The zero-order chi connectivity index (χ0) is 20.5. The molecule has 5 heteroatoms. The molecule has 0 saturated heterocycles. The lowest BCUT2D eigenvalue weighted by Crippen LogP contribution is -2.49. The molecule has 2 amide bonds. The van der Waals surface area contributed by atoms with Crippen molar-refractivity contribution in [3.8, 4) is 0 Å². The maximum atomic E-state index is 13.0. The van der Waals surface area contributed by atoms with Crippen LogP contribution in [0.2, 0.25) is 5.02 Å². The topological polar surface area (TPSA) is 49.4 Å². The van der Waals surface area contributed by atoms with E-state index in [9.17, 15) is 9.59 Å². The smallest absolute Gasteiger partial charge is 0.242 e. The summed E-state index contributed by atoms with van der Waals surface area (Å²) in [7, 11) is 0. The van der Waals surface area contributed by atoms with Crippen molar-refractivity contribution in [2.75, 3.05) is 0 Å². The zero-order valence-electron chi connectivity index (χ0n) is 16.8. The van der Waals surface area contributed by atoms with Crippen LogP contribution in [0, 0.1) is 0 Å². The summed E-state index contributed by atoms with van der Waals surface area (Å²) in [6.45, 7) is 6.11. The van der Waals surface area contributed by atoms with E-state index in [2.05, 4.69) is 5.32 Å². The van der Waals surface area contributed by atoms with Crippen LogP contribution in [0.15, 0.2) is 54.6 Å². The molecular formula is C23H29ClN2O2. The fourth-order valence-electron chi connectivity index (χ4n) is 2.92. The molecule has 0 aromatic heterocycles. The Morgan fingerprint density at radius 1 is 1.04 bits per heavy atom. The minimum Gasteiger partial charge on any atom is -0.352 e. The Hall–Kier alpha value is -2.33. The molecular weight excluding hydrogens is 372 g/mol. The van der Waals surface area contributed by atoms with E-state index in [-0.39, 0.29) is 17.9 Å². The number of aryl methyl sites for hydroxylation is 1. The van der Waals surface area contributed by atoms with Crippen LogP contribution in [0.5, 0.6) is 0 Å². The van der Waals surface area contributed by atoms with Crippen molar-refractivity contribution in [3.63, 3.8) is 0 Å². The summed E-state index contributed by atoms with van der Waals surface area (Å²) in [4.78, 5) is 27.3. The Labute approximate surface area is 172 Å². The van der Waals surface area contributed by atoms with E-state index in [1.165, 1.54) is 0 Å². The Morgan fingerprint density at radius 3 is 2.36 bits per heavy atom. The quantitative estimate of drug-likeness (QED) is 0.668. The maximum Gasteiger partial charge on any atom is 0.242 e. The molecule has 2 aromatic rings. The third-order valence-electron chi connectivity index (χ3n) is 4.88. The number of nitrogens with one attached hydrogen (secondary N) is 1. The number of amides is 2. The van der Waals surface area contributed by atoms with Gasteiger partial charge in [-0.2, -0.15) is 0 Å². The summed E-state index contributed by atoms with van der Waals surface area (Å²) < 4.78 is 0.